The number of amides is 2. The first-order chi connectivity index (χ1) is 12.0. The summed E-state index contributed by atoms with van der Waals surface area (Å²) in [6.45, 7) is 4.44. The van der Waals surface area contributed by atoms with Gasteiger partial charge in [0.05, 0.1) is 13.7 Å². The molecule has 6 nitrogen and oxygen atoms in total. The van der Waals surface area contributed by atoms with Crippen molar-refractivity contribution in [2.45, 2.75) is 52.0 Å². The first-order valence-electron chi connectivity index (χ1n) is 8.92. The van der Waals surface area contributed by atoms with E-state index in [-0.39, 0.29) is 24.0 Å². The van der Waals surface area contributed by atoms with Crippen molar-refractivity contribution in [2.24, 2.45) is 5.92 Å². The number of aryl methyl sites for hydroxylation is 1. The summed E-state index contributed by atoms with van der Waals surface area (Å²) >= 11 is 0. The summed E-state index contributed by atoms with van der Waals surface area (Å²) in [7, 11) is 1.61. The Morgan fingerprint density at radius 2 is 2.08 bits per heavy atom. The first kappa shape index (κ1) is 19.1. The lowest BCUT2D eigenvalue weighted by molar-refractivity contribution is -0.119. The third kappa shape index (κ3) is 5.66. The molecule has 0 aliphatic heterocycles. The molecule has 0 radical (unpaired) electrons. The minimum Gasteiger partial charge on any atom is -0.496 e. The van der Waals surface area contributed by atoms with Crippen LogP contribution in [-0.4, -0.2) is 31.8 Å². The second-order valence-electron chi connectivity index (χ2n) is 6.51. The van der Waals surface area contributed by atoms with Crippen molar-refractivity contribution in [2.75, 3.05) is 19.0 Å². The number of rotatable bonds is 7. The zero-order valence-corrected chi connectivity index (χ0v) is 15.3. The van der Waals surface area contributed by atoms with Gasteiger partial charge in [0, 0.05) is 23.7 Å². The molecule has 138 valence electrons. The third-order valence-electron chi connectivity index (χ3n) is 4.53. The summed E-state index contributed by atoms with van der Waals surface area (Å²) in [5.74, 6) is 0.626. The largest absolute Gasteiger partial charge is 0.496 e. The fraction of sp³-hybridized carbons (Fsp3) is 0.579. The number of benzene rings is 1. The van der Waals surface area contributed by atoms with Gasteiger partial charge in [-0.05, 0) is 44.2 Å². The number of methoxy groups -OCH3 is 1. The van der Waals surface area contributed by atoms with Crippen molar-refractivity contribution in [3.05, 3.63) is 23.8 Å². The Kier molecular flexibility index (Phi) is 7.10. The molecule has 1 aliphatic carbocycles. The molecule has 1 fully saturated rings. The number of carbonyl (C=O) groups excluding carboxylic acids is 2. The number of carbonyl (C=O) groups is 2. The van der Waals surface area contributed by atoms with Crippen LogP contribution in [0.25, 0.3) is 0 Å². The van der Waals surface area contributed by atoms with Gasteiger partial charge in [-0.3, -0.25) is 4.79 Å². The van der Waals surface area contributed by atoms with Gasteiger partial charge >= 0.3 is 6.09 Å². The summed E-state index contributed by atoms with van der Waals surface area (Å²) in [5.41, 5.74) is 1.75. The van der Waals surface area contributed by atoms with Crippen LogP contribution < -0.4 is 15.4 Å². The summed E-state index contributed by atoms with van der Waals surface area (Å²) < 4.78 is 10.4. The molecule has 1 aromatic carbocycles. The highest BCUT2D eigenvalue weighted by atomic mass is 16.5. The van der Waals surface area contributed by atoms with Crippen molar-refractivity contribution >= 4 is 17.7 Å². The summed E-state index contributed by atoms with van der Waals surface area (Å²) in [4.78, 5) is 24.1. The zero-order chi connectivity index (χ0) is 18.2. The molecular weight excluding hydrogens is 320 g/mol. The minimum absolute atomic E-state index is 0.00238. The molecular formula is C19H28N2O4. The molecule has 0 bridgehead atoms. The standard InChI is InChI=1S/C19H28N2O4/c1-4-5-10-25-19(23)21-15-9-7-14(11-15)18(22)20-16-8-6-13(2)17(12-16)24-3/h6,8,12,14-15H,4-5,7,9-11H2,1-3H3,(H,20,22)(H,21,23)/t14-,15-/m1/s1. The van der Waals surface area contributed by atoms with Crippen LogP contribution in [0.2, 0.25) is 0 Å². The van der Waals surface area contributed by atoms with Gasteiger partial charge < -0.3 is 20.1 Å². The molecule has 0 heterocycles. The lowest BCUT2D eigenvalue weighted by Gasteiger charge is -2.14. The normalized spacial score (nSPS) is 19.3. The molecule has 0 spiro atoms. The van der Waals surface area contributed by atoms with Crippen LogP contribution >= 0.6 is 0 Å². The molecule has 0 unspecified atom stereocenters. The van der Waals surface area contributed by atoms with Crippen molar-refractivity contribution in [1.82, 2.24) is 5.32 Å². The van der Waals surface area contributed by atoms with E-state index < -0.39 is 0 Å². The molecule has 0 saturated heterocycles. The smallest absolute Gasteiger partial charge is 0.407 e. The van der Waals surface area contributed by atoms with Gasteiger partial charge in [0.25, 0.3) is 0 Å². The maximum Gasteiger partial charge on any atom is 0.407 e. The maximum absolute atomic E-state index is 12.4. The number of nitrogens with one attached hydrogen (secondary N) is 2. The van der Waals surface area contributed by atoms with E-state index in [2.05, 4.69) is 10.6 Å². The van der Waals surface area contributed by atoms with Gasteiger partial charge in [0.2, 0.25) is 5.91 Å². The molecule has 2 amide bonds. The van der Waals surface area contributed by atoms with E-state index >= 15 is 0 Å². The second kappa shape index (κ2) is 9.30. The summed E-state index contributed by atoms with van der Waals surface area (Å²) in [6.07, 6.45) is 3.65. The van der Waals surface area contributed by atoms with E-state index in [1.807, 2.05) is 32.0 Å². The van der Waals surface area contributed by atoms with Crippen LogP contribution in [0.1, 0.15) is 44.6 Å². The van der Waals surface area contributed by atoms with Crippen molar-refractivity contribution in [3.8, 4) is 5.75 Å². The van der Waals surface area contributed by atoms with Crippen molar-refractivity contribution < 1.29 is 19.1 Å². The van der Waals surface area contributed by atoms with Crippen LogP contribution in [0.4, 0.5) is 10.5 Å². The highest BCUT2D eigenvalue weighted by Gasteiger charge is 2.31. The third-order valence-corrected chi connectivity index (χ3v) is 4.53. The van der Waals surface area contributed by atoms with Gasteiger partial charge in [0.1, 0.15) is 5.75 Å². The van der Waals surface area contributed by atoms with Crippen LogP contribution in [0, 0.1) is 12.8 Å². The monoisotopic (exact) mass is 348 g/mol. The molecule has 1 aromatic rings. The molecule has 2 rings (SSSR count). The predicted octanol–water partition coefficient (Wildman–Crippen LogP) is 3.64. The average Bonchev–Trinajstić information content (AvgIpc) is 3.05. The fourth-order valence-corrected chi connectivity index (χ4v) is 3.01. The van der Waals surface area contributed by atoms with Crippen LogP contribution in [0.3, 0.4) is 0 Å². The Bertz CT molecular complexity index is 603. The average molecular weight is 348 g/mol. The van der Waals surface area contributed by atoms with E-state index in [9.17, 15) is 9.59 Å². The van der Waals surface area contributed by atoms with Gasteiger partial charge in [0.15, 0.2) is 0 Å². The summed E-state index contributed by atoms with van der Waals surface area (Å²) in [6, 6.07) is 5.60. The second-order valence-corrected chi connectivity index (χ2v) is 6.51. The van der Waals surface area contributed by atoms with Gasteiger partial charge in [-0.15, -0.1) is 0 Å². The Morgan fingerprint density at radius 1 is 1.28 bits per heavy atom. The quantitative estimate of drug-likeness (QED) is 0.738. The number of anilines is 1. The van der Waals surface area contributed by atoms with Crippen molar-refractivity contribution in [1.29, 1.82) is 0 Å². The van der Waals surface area contributed by atoms with Gasteiger partial charge in [-0.25, -0.2) is 4.79 Å². The van der Waals surface area contributed by atoms with E-state index in [1.165, 1.54) is 0 Å². The molecule has 6 heteroatoms. The molecule has 2 N–H and O–H groups in total. The fourth-order valence-electron chi connectivity index (χ4n) is 3.01. The Balaban J connectivity index is 1.81. The molecule has 1 saturated carbocycles. The number of alkyl carbamates (subject to hydrolysis) is 1. The molecule has 1 aliphatic rings. The lowest BCUT2D eigenvalue weighted by Crippen LogP contribution is -2.34. The first-order valence-corrected chi connectivity index (χ1v) is 8.92. The van der Waals surface area contributed by atoms with Gasteiger partial charge in [-0.1, -0.05) is 19.4 Å². The van der Waals surface area contributed by atoms with Crippen LogP contribution in [0.5, 0.6) is 5.75 Å². The number of hydrogen-bond donors (Lipinski definition) is 2. The van der Waals surface area contributed by atoms with Crippen molar-refractivity contribution in [3.63, 3.8) is 0 Å². The SMILES string of the molecule is CCCCOC(=O)N[C@@H]1CC[C@@H](C(=O)Nc2ccc(C)c(OC)c2)C1. The Morgan fingerprint density at radius 3 is 2.80 bits per heavy atom. The van der Waals surface area contributed by atoms with E-state index in [4.69, 9.17) is 9.47 Å². The number of hydrogen-bond acceptors (Lipinski definition) is 4. The predicted molar refractivity (Wildman–Crippen MR) is 96.9 cm³/mol. The van der Waals surface area contributed by atoms with E-state index in [1.54, 1.807) is 7.11 Å². The highest BCUT2D eigenvalue weighted by molar-refractivity contribution is 5.93. The van der Waals surface area contributed by atoms with E-state index in [0.29, 0.717) is 13.0 Å². The maximum atomic E-state index is 12.4. The number of unbranched alkanes of at least 4 members (excludes halogenated alkanes) is 1. The van der Waals surface area contributed by atoms with E-state index in [0.717, 1.165) is 42.7 Å². The molecule has 2 atom stereocenters. The Labute approximate surface area is 149 Å². The highest BCUT2D eigenvalue weighted by Crippen LogP contribution is 2.28. The zero-order valence-electron chi connectivity index (χ0n) is 15.3. The summed E-state index contributed by atoms with van der Waals surface area (Å²) in [5, 5.41) is 5.79. The Hall–Kier alpha value is -2.24. The van der Waals surface area contributed by atoms with Gasteiger partial charge in [-0.2, -0.15) is 0 Å². The van der Waals surface area contributed by atoms with Crippen LogP contribution in [-0.2, 0) is 9.53 Å². The number of ether oxygens (including phenoxy) is 2. The molecule has 0 aromatic heterocycles. The topological polar surface area (TPSA) is 76.7 Å². The molecule has 25 heavy (non-hydrogen) atoms. The van der Waals surface area contributed by atoms with Crippen LogP contribution in [0.15, 0.2) is 18.2 Å². The lowest BCUT2D eigenvalue weighted by atomic mass is 10.1. The minimum atomic E-state index is -0.386.